The zero-order chi connectivity index (χ0) is 15.2. The number of nitrogens with two attached hydrogens (primary N) is 2. The van der Waals surface area contributed by atoms with Crippen molar-refractivity contribution < 1.29 is 9.59 Å². The maximum Gasteiger partial charge on any atom is 0.316 e. The van der Waals surface area contributed by atoms with E-state index in [0.717, 1.165) is 5.56 Å². The van der Waals surface area contributed by atoms with Crippen molar-refractivity contribution >= 4 is 23.3 Å². The molecule has 0 heterocycles. The van der Waals surface area contributed by atoms with Crippen molar-refractivity contribution in [1.29, 1.82) is 0 Å². The maximum absolute atomic E-state index is 12.1. The fourth-order valence-corrected chi connectivity index (χ4v) is 1.81. The van der Waals surface area contributed by atoms with E-state index in [1.165, 1.54) is 0 Å². The lowest BCUT2D eigenvalue weighted by atomic mass is 10.1. The summed E-state index contributed by atoms with van der Waals surface area (Å²) in [5.41, 5.74) is 13.1. The maximum atomic E-state index is 12.1. The smallest absolute Gasteiger partial charge is 0.316 e. The molecule has 0 saturated heterocycles. The third-order valence-corrected chi connectivity index (χ3v) is 2.84. The fraction of sp³-hybridized carbons (Fsp3) is 0.0667. The van der Waals surface area contributed by atoms with Gasteiger partial charge in [0.1, 0.15) is 0 Å². The van der Waals surface area contributed by atoms with Gasteiger partial charge in [0, 0.05) is 23.5 Å². The van der Waals surface area contributed by atoms with E-state index in [0.29, 0.717) is 23.5 Å². The molecule has 0 spiro atoms. The number of carbonyl (C=O) groups excluding carboxylic acids is 2. The fourth-order valence-electron chi connectivity index (χ4n) is 1.81. The summed E-state index contributed by atoms with van der Waals surface area (Å²) in [5.74, 6) is -0.241. The quantitative estimate of drug-likeness (QED) is 0.688. The number of benzene rings is 2. The van der Waals surface area contributed by atoms with E-state index in [1.807, 2.05) is 0 Å². The Morgan fingerprint density at radius 1 is 0.952 bits per heavy atom. The molecule has 0 aromatic heterocycles. The summed E-state index contributed by atoms with van der Waals surface area (Å²) in [6.45, 7) is 0.433. The average Bonchev–Trinajstić information content (AvgIpc) is 2.47. The van der Waals surface area contributed by atoms with E-state index in [4.69, 9.17) is 11.5 Å². The van der Waals surface area contributed by atoms with Crippen molar-refractivity contribution in [2.75, 3.05) is 10.6 Å². The van der Waals surface area contributed by atoms with Gasteiger partial charge in [-0.2, -0.15) is 0 Å². The third-order valence-electron chi connectivity index (χ3n) is 2.84. The van der Waals surface area contributed by atoms with Gasteiger partial charge in [-0.05, 0) is 35.9 Å². The van der Waals surface area contributed by atoms with Crippen LogP contribution in [0.15, 0.2) is 48.5 Å². The molecule has 0 fully saturated rings. The molecule has 2 aromatic rings. The second kappa shape index (κ2) is 6.53. The van der Waals surface area contributed by atoms with Gasteiger partial charge in [-0.3, -0.25) is 4.79 Å². The Bertz CT molecular complexity index is 653. The molecular weight excluding hydrogens is 268 g/mol. The number of urea groups is 1. The lowest BCUT2D eigenvalue weighted by Crippen LogP contribution is -2.19. The lowest BCUT2D eigenvalue weighted by molar-refractivity contribution is 0.102. The largest absolute Gasteiger partial charge is 0.351 e. The van der Waals surface area contributed by atoms with Gasteiger partial charge in [-0.25, -0.2) is 4.79 Å². The van der Waals surface area contributed by atoms with E-state index in [-0.39, 0.29) is 5.91 Å². The molecule has 2 aromatic carbocycles. The minimum Gasteiger partial charge on any atom is -0.351 e. The summed E-state index contributed by atoms with van der Waals surface area (Å²) in [5, 5.41) is 5.19. The predicted octanol–water partition coefficient (Wildman–Crippen LogP) is 1.89. The van der Waals surface area contributed by atoms with Crippen LogP contribution in [0.3, 0.4) is 0 Å². The number of anilines is 2. The summed E-state index contributed by atoms with van der Waals surface area (Å²) in [7, 11) is 0. The Morgan fingerprint density at radius 2 is 1.57 bits per heavy atom. The molecule has 6 nitrogen and oxygen atoms in total. The highest BCUT2D eigenvalue weighted by Gasteiger charge is 2.06. The summed E-state index contributed by atoms with van der Waals surface area (Å²) in [4.78, 5) is 22.9. The number of primary amides is 1. The summed E-state index contributed by atoms with van der Waals surface area (Å²) in [6.07, 6.45) is 0. The molecule has 2 rings (SSSR count). The van der Waals surface area contributed by atoms with Crippen molar-refractivity contribution in [3.63, 3.8) is 0 Å². The summed E-state index contributed by atoms with van der Waals surface area (Å²) < 4.78 is 0. The molecule has 0 bridgehead atoms. The Morgan fingerprint density at radius 3 is 2.14 bits per heavy atom. The number of nitrogens with one attached hydrogen (secondary N) is 2. The van der Waals surface area contributed by atoms with E-state index in [1.54, 1.807) is 48.5 Å². The molecule has 21 heavy (non-hydrogen) atoms. The SMILES string of the molecule is NCc1ccc(C(=O)Nc2cccc(NC(N)=O)c2)cc1. The van der Waals surface area contributed by atoms with E-state index in [9.17, 15) is 9.59 Å². The van der Waals surface area contributed by atoms with E-state index < -0.39 is 6.03 Å². The highest BCUT2D eigenvalue weighted by Crippen LogP contribution is 2.16. The Balaban J connectivity index is 2.09. The van der Waals surface area contributed by atoms with E-state index >= 15 is 0 Å². The first-order valence-electron chi connectivity index (χ1n) is 6.35. The molecule has 6 heteroatoms. The monoisotopic (exact) mass is 284 g/mol. The second-order valence-corrected chi connectivity index (χ2v) is 4.43. The van der Waals surface area contributed by atoms with Gasteiger partial charge in [0.15, 0.2) is 0 Å². The van der Waals surface area contributed by atoms with Crippen LogP contribution in [0.4, 0.5) is 16.2 Å². The van der Waals surface area contributed by atoms with Gasteiger partial charge in [0.05, 0.1) is 0 Å². The first-order valence-corrected chi connectivity index (χ1v) is 6.35. The zero-order valence-corrected chi connectivity index (χ0v) is 11.3. The van der Waals surface area contributed by atoms with Gasteiger partial charge in [-0.1, -0.05) is 18.2 Å². The standard InChI is InChI=1S/C15H16N4O2/c16-9-10-4-6-11(7-5-10)14(20)18-12-2-1-3-13(8-12)19-15(17)21/h1-8H,9,16H2,(H,18,20)(H3,17,19,21). The van der Waals surface area contributed by atoms with Crippen molar-refractivity contribution in [2.45, 2.75) is 6.54 Å². The molecule has 3 amide bonds. The van der Waals surface area contributed by atoms with Gasteiger partial charge in [-0.15, -0.1) is 0 Å². The Hall–Kier alpha value is -2.86. The number of amides is 3. The van der Waals surface area contributed by atoms with Gasteiger partial charge in [0.2, 0.25) is 0 Å². The minimum absolute atomic E-state index is 0.241. The minimum atomic E-state index is -0.657. The molecule has 0 atom stereocenters. The van der Waals surface area contributed by atoms with Crippen LogP contribution in [0.1, 0.15) is 15.9 Å². The van der Waals surface area contributed by atoms with Crippen molar-refractivity contribution in [3.8, 4) is 0 Å². The van der Waals surface area contributed by atoms with Crippen molar-refractivity contribution in [3.05, 3.63) is 59.7 Å². The van der Waals surface area contributed by atoms with Gasteiger partial charge >= 0.3 is 6.03 Å². The lowest BCUT2D eigenvalue weighted by Gasteiger charge is -2.08. The van der Waals surface area contributed by atoms with Gasteiger partial charge in [0.25, 0.3) is 5.91 Å². The van der Waals surface area contributed by atoms with Crippen molar-refractivity contribution in [1.82, 2.24) is 0 Å². The molecule has 6 N–H and O–H groups in total. The van der Waals surface area contributed by atoms with Crippen molar-refractivity contribution in [2.24, 2.45) is 11.5 Å². The van der Waals surface area contributed by atoms with Gasteiger partial charge < -0.3 is 22.1 Å². The van der Waals surface area contributed by atoms with Crippen LogP contribution < -0.4 is 22.1 Å². The predicted molar refractivity (Wildman–Crippen MR) is 81.9 cm³/mol. The summed E-state index contributed by atoms with van der Waals surface area (Å²) >= 11 is 0. The first kappa shape index (κ1) is 14.5. The number of carbonyl (C=O) groups is 2. The van der Waals surface area contributed by atoms with Crippen LogP contribution in [0, 0.1) is 0 Å². The van der Waals surface area contributed by atoms with Crippen LogP contribution in [0.5, 0.6) is 0 Å². The molecule has 0 unspecified atom stereocenters. The van der Waals surface area contributed by atoms with Crippen LogP contribution in [-0.2, 0) is 6.54 Å². The van der Waals surface area contributed by atoms with E-state index in [2.05, 4.69) is 10.6 Å². The zero-order valence-electron chi connectivity index (χ0n) is 11.3. The van der Waals surface area contributed by atoms with Crippen LogP contribution in [0.25, 0.3) is 0 Å². The highest BCUT2D eigenvalue weighted by molar-refractivity contribution is 6.04. The topological polar surface area (TPSA) is 110 Å². The normalized spacial score (nSPS) is 9.95. The first-order chi connectivity index (χ1) is 10.1. The molecule has 0 radical (unpaired) electrons. The number of hydrogen-bond donors (Lipinski definition) is 4. The molecule has 0 saturated carbocycles. The average molecular weight is 284 g/mol. The molecule has 108 valence electrons. The Kier molecular flexibility index (Phi) is 4.53. The van der Waals surface area contributed by atoms with Crippen LogP contribution >= 0.6 is 0 Å². The summed E-state index contributed by atoms with van der Waals surface area (Å²) in [6, 6.07) is 13.1. The van der Waals surface area contributed by atoms with Crippen LogP contribution in [0.2, 0.25) is 0 Å². The Labute approximate surface area is 122 Å². The molecule has 0 aliphatic rings. The number of hydrogen-bond acceptors (Lipinski definition) is 3. The second-order valence-electron chi connectivity index (χ2n) is 4.43. The highest BCUT2D eigenvalue weighted by atomic mass is 16.2. The third kappa shape index (κ3) is 4.05. The number of rotatable bonds is 4. The molecule has 0 aliphatic heterocycles. The van der Waals surface area contributed by atoms with Crippen LogP contribution in [-0.4, -0.2) is 11.9 Å². The molecular formula is C15H16N4O2. The molecule has 0 aliphatic carbocycles.